The lowest BCUT2D eigenvalue weighted by molar-refractivity contribution is 0.270. The maximum absolute atomic E-state index is 6.10. The van der Waals surface area contributed by atoms with Crippen molar-refractivity contribution in [2.45, 2.75) is 25.6 Å². The number of hydrogen-bond acceptors (Lipinski definition) is 6. The Balaban J connectivity index is 1.67. The number of aromatic nitrogens is 3. The lowest BCUT2D eigenvalue weighted by atomic mass is 10.3. The third-order valence-corrected chi connectivity index (χ3v) is 4.91. The molecule has 136 valence electrons. The minimum atomic E-state index is 0.233. The van der Waals surface area contributed by atoms with Gasteiger partial charge in [0, 0.05) is 0 Å². The van der Waals surface area contributed by atoms with Crippen molar-refractivity contribution in [2.75, 3.05) is 5.75 Å². The maximum atomic E-state index is 6.10. The van der Waals surface area contributed by atoms with Crippen LogP contribution in [0.3, 0.4) is 0 Å². The van der Waals surface area contributed by atoms with Crippen LogP contribution in [0.1, 0.15) is 24.3 Å². The third-order valence-electron chi connectivity index (χ3n) is 3.31. The van der Waals surface area contributed by atoms with Crippen molar-refractivity contribution in [2.24, 2.45) is 5.10 Å². The quantitative estimate of drug-likeness (QED) is 0.402. The van der Waals surface area contributed by atoms with Gasteiger partial charge in [0.1, 0.15) is 28.9 Å². The van der Waals surface area contributed by atoms with E-state index in [0.29, 0.717) is 33.1 Å². The molecule has 0 saturated heterocycles. The molecule has 26 heavy (non-hydrogen) atoms. The van der Waals surface area contributed by atoms with Crippen molar-refractivity contribution >= 4 is 41.2 Å². The highest BCUT2D eigenvalue weighted by Crippen LogP contribution is 2.32. The number of thioether (sulfide) groups is 1. The molecule has 0 saturated carbocycles. The van der Waals surface area contributed by atoms with Gasteiger partial charge in [-0.05, 0) is 36.9 Å². The smallest absolute Gasteiger partial charge is 0.212 e. The topological polar surface area (TPSA) is 65.4 Å². The van der Waals surface area contributed by atoms with Gasteiger partial charge >= 0.3 is 0 Å². The predicted octanol–water partition coefficient (Wildman–Crippen LogP) is 5.06. The van der Waals surface area contributed by atoms with E-state index in [4.69, 9.17) is 32.4 Å². The first-order valence-electron chi connectivity index (χ1n) is 7.83. The average Bonchev–Trinajstić information content (AvgIpc) is 3.22. The van der Waals surface area contributed by atoms with E-state index in [1.807, 2.05) is 26.0 Å². The highest BCUT2D eigenvalue weighted by molar-refractivity contribution is 7.99. The van der Waals surface area contributed by atoms with E-state index in [1.54, 1.807) is 40.9 Å². The van der Waals surface area contributed by atoms with Crippen molar-refractivity contribution in [1.82, 2.24) is 14.9 Å². The second-order valence-corrected chi connectivity index (χ2v) is 7.18. The number of benzene rings is 1. The largest absolute Gasteiger partial charge is 0.484 e. The van der Waals surface area contributed by atoms with Crippen LogP contribution in [0.4, 0.5) is 0 Å². The first-order chi connectivity index (χ1) is 12.6. The predicted molar refractivity (Wildman–Crippen MR) is 104 cm³/mol. The van der Waals surface area contributed by atoms with Crippen LogP contribution in [-0.2, 0) is 6.61 Å². The van der Waals surface area contributed by atoms with E-state index < -0.39 is 0 Å². The van der Waals surface area contributed by atoms with Crippen molar-refractivity contribution in [3.8, 4) is 5.75 Å². The maximum Gasteiger partial charge on any atom is 0.212 e. The molecule has 3 aromatic rings. The Hall–Kier alpha value is -1.96. The number of halogens is 2. The Morgan fingerprint density at radius 1 is 1.27 bits per heavy atom. The minimum absolute atomic E-state index is 0.233. The number of ether oxygens (including phenoxy) is 1. The Kier molecular flexibility index (Phi) is 6.24. The van der Waals surface area contributed by atoms with Gasteiger partial charge in [0.25, 0.3) is 0 Å². The van der Waals surface area contributed by atoms with Crippen molar-refractivity contribution < 1.29 is 9.15 Å². The fraction of sp³-hybridized carbons (Fsp3) is 0.235. The Morgan fingerprint density at radius 3 is 2.92 bits per heavy atom. The molecule has 3 rings (SSSR count). The third kappa shape index (κ3) is 4.41. The molecule has 0 spiro atoms. The van der Waals surface area contributed by atoms with Crippen LogP contribution in [0, 0.1) is 6.92 Å². The summed E-state index contributed by atoms with van der Waals surface area (Å²) in [5, 5.41) is 14.1. The summed E-state index contributed by atoms with van der Waals surface area (Å²) in [6.45, 7) is 4.13. The van der Waals surface area contributed by atoms with Gasteiger partial charge in [0.05, 0.1) is 11.2 Å². The number of hydrogen-bond donors (Lipinski definition) is 0. The standard InChI is InChI=1S/C17H16Cl2N4O2S/c1-3-26-17-22-21-11(2)23(17)20-9-12-7-8-13(25-12)10-24-15-6-4-5-14(18)16(15)19/h4-9H,3,10H2,1-2H3/b20-9+. The number of aryl methyl sites for hydroxylation is 1. The summed E-state index contributed by atoms with van der Waals surface area (Å²) in [5.74, 6) is 3.35. The molecule has 9 heteroatoms. The highest BCUT2D eigenvalue weighted by Gasteiger charge is 2.09. The van der Waals surface area contributed by atoms with E-state index in [-0.39, 0.29) is 6.61 Å². The summed E-state index contributed by atoms with van der Waals surface area (Å²) in [5.41, 5.74) is 0. The van der Waals surface area contributed by atoms with Crippen LogP contribution in [0.5, 0.6) is 5.75 Å². The summed E-state index contributed by atoms with van der Waals surface area (Å²) in [4.78, 5) is 0. The molecule has 0 fully saturated rings. The zero-order chi connectivity index (χ0) is 18.5. The van der Waals surface area contributed by atoms with E-state index in [1.165, 1.54) is 0 Å². The first kappa shape index (κ1) is 18.8. The molecular weight excluding hydrogens is 395 g/mol. The second kappa shape index (κ2) is 8.62. The Morgan fingerprint density at radius 2 is 2.12 bits per heavy atom. The van der Waals surface area contributed by atoms with Gasteiger partial charge in [-0.1, -0.05) is 48.0 Å². The lowest BCUT2D eigenvalue weighted by Crippen LogP contribution is -1.96. The number of furan rings is 1. The van der Waals surface area contributed by atoms with E-state index in [0.717, 1.165) is 10.9 Å². The summed E-state index contributed by atoms with van der Waals surface area (Å²) in [6, 6.07) is 8.86. The zero-order valence-electron chi connectivity index (χ0n) is 14.1. The molecule has 0 atom stereocenters. The van der Waals surface area contributed by atoms with Gasteiger partial charge < -0.3 is 9.15 Å². The Bertz CT molecular complexity index is 923. The average molecular weight is 411 g/mol. The summed E-state index contributed by atoms with van der Waals surface area (Å²) in [6.07, 6.45) is 1.62. The van der Waals surface area contributed by atoms with Crippen LogP contribution in [0.25, 0.3) is 0 Å². The Labute approximate surface area is 165 Å². The van der Waals surface area contributed by atoms with Crippen molar-refractivity contribution in [1.29, 1.82) is 0 Å². The van der Waals surface area contributed by atoms with Gasteiger partial charge in [-0.3, -0.25) is 0 Å². The van der Waals surface area contributed by atoms with Crippen LogP contribution >= 0.6 is 35.0 Å². The molecule has 0 bridgehead atoms. The fourth-order valence-electron chi connectivity index (χ4n) is 2.09. The normalized spacial score (nSPS) is 11.4. The molecule has 0 aliphatic heterocycles. The fourth-order valence-corrected chi connectivity index (χ4v) is 3.10. The molecule has 0 N–H and O–H groups in total. The SMILES string of the molecule is CCSc1nnc(C)n1/N=C/c1ccc(COc2cccc(Cl)c2Cl)o1. The lowest BCUT2D eigenvalue weighted by Gasteiger charge is -2.06. The summed E-state index contributed by atoms with van der Waals surface area (Å²) >= 11 is 13.6. The molecule has 0 aliphatic carbocycles. The van der Waals surface area contributed by atoms with Gasteiger partial charge in [-0.2, -0.15) is 9.78 Å². The van der Waals surface area contributed by atoms with Gasteiger partial charge in [0.2, 0.25) is 5.16 Å². The number of nitrogens with zero attached hydrogens (tertiary/aromatic N) is 4. The molecule has 0 radical (unpaired) electrons. The van der Waals surface area contributed by atoms with Crippen molar-refractivity contribution in [3.63, 3.8) is 0 Å². The van der Waals surface area contributed by atoms with E-state index >= 15 is 0 Å². The van der Waals surface area contributed by atoms with Gasteiger partial charge in [0.15, 0.2) is 5.82 Å². The van der Waals surface area contributed by atoms with Gasteiger partial charge in [-0.25, -0.2) is 0 Å². The van der Waals surface area contributed by atoms with Crippen LogP contribution < -0.4 is 4.74 Å². The highest BCUT2D eigenvalue weighted by atomic mass is 35.5. The second-order valence-electron chi connectivity index (χ2n) is 5.16. The van der Waals surface area contributed by atoms with E-state index in [9.17, 15) is 0 Å². The summed E-state index contributed by atoms with van der Waals surface area (Å²) < 4.78 is 13.0. The molecular formula is C17H16Cl2N4O2S. The van der Waals surface area contributed by atoms with Crippen LogP contribution in [0.2, 0.25) is 10.0 Å². The van der Waals surface area contributed by atoms with Gasteiger partial charge in [-0.15, -0.1) is 10.2 Å². The molecule has 0 unspecified atom stereocenters. The molecule has 0 amide bonds. The molecule has 6 nitrogen and oxygen atoms in total. The van der Waals surface area contributed by atoms with Crippen LogP contribution in [0.15, 0.2) is 45.0 Å². The molecule has 2 heterocycles. The number of rotatable bonds is 7. The summed E-state index contributed by atoms with van der Waals surface area (Å²) in [7, 11) is 0. The van der Waals surface area contributed by atoms with E-state index in [2.05, 4.69) is 15.3 Å². The first-order valence-corrected chi connectivity index (χ1v) is 9.57. The van der Waals surface area contributed by atoms with Crippen molar-refractivity contribution in [3.05, 3.63) is 57.7 Å². The molecule has 1 aromatic carbocycles. The minimum Gasteiger partial charge on any atom is -0.484 e. The monoisotopic (exact) mass is 410 g/mol. The molecule has 0 aliphatic rings. The zero-order valence-corrected chi connectivity index (χ0v) is 16.5. The molecule has 2 aromatic heterocycles. The van der Waals surface area contributed by atoms with Crippen LogP contribution in [-0.4, -0.2) is 26.8 Å².